The van der Waals surface area contributed by atoms with Crippen molar-refractivity contribution >= 4 is 29.4 Å². The highest BCUT2D eigenvalue weighted by Gasteiger charge is 2.15. The van der Waals surface area contributed by atoms with Gasteiger partial charge in [0.15, 0.2) is 0 Å². The zero-order chi connectivity index (χ0) is 17.2. The van der Waals surface area contributed by atoms with Crippen LogP contribution >= 0.6 is 0 Å². The molecule has 23 heavy (non-hydrogen) atoms. The van der Waals surface area contributed by atoms with Crippen LogP contribution in [0, 0.1) is 0 Å². The van der Waals surface area contributed by atoms with Crippen LogP contribution in [0.15, 0.2) is 24.3 Å². The normalized spacial score (nSPS) is 11.1. The quantitative estimate of drug-likeness (QED) is 0.639. The maximum Gasteiger partial charge on any atom is 0.411 e. The average Bonchev–Trinajstić information content (AvgIpc) is 2.49. The fraction of sp³-hybridized carbons (Fsp3) is 0.400. The van der Waals surface area contributed by atoms with E-state index >= 15 is 0 Å². The summed E-state index contributed by atoms with van der Waals surface area (Å²) in [6.45, 7) is 5.86. The van der Waals surface area contributed by atoms with Crippen LogP contribution < -0.4 is 21.3 Å². The number of hydrogen-bond acceptors (Lipinski definition) is 5. The van der Waals surface area contributed by atoms with Gasteiger partial charge in [-0.25, -0.2) is 9.59 Å². The molecule has 8 nitrogen and oxygen atoms in total. The van der Waals surface area contributed by atoms with Crippen LogP contribution in [-0.2, 0) is 9.53 Å². The van der Waals surface area contributed by atoms with Crippen molar-refractivity contribution in [1.82, 2.24) is 10.6 Å². The Kier molecular flexibility index (Phi) is 7.38. The number of rotatable bonds is 6. The highest BCUT2D eigenvalue weighted by Crippen LogP contribution is 2.14. The van der Waals surface area contributed by atoms with Gasteiger partial charge in [0.2, 0.25) is 5.91 Å². The molecule has 0 fully saturated rings. The molecular formula is C15H22N4O4. The molecule has 1 atom stereocenters. The maximum absolute atomic E-state index is 11.8. The summed E-state index contributed by atoms with van der Waals surface area (Å²) in [5.41, 5.74) is 1.26. The summed E-state index contributed by atoms with van der Waals surface area (Å²) < 4.78 is 4.77. The Balaban J connectivity index is 2.52. The van der Waals surface area contributed by atoms with Gasteiger partial charge in [-0.05, 0) is 45.0 Å². The van der Waals surface area contributed by atoms with Crippen LogP contribution in [-0.4, -0.2) is 37.2 Å². The molecule has 0 aliphatic carbocycles. The molecule has 4 amide bonds. The number of anilines is 2. The van der Waals surface area contributed by atoms with E-state index in [4.69, 9.17) is 4.74 Å². The van der Waals surface area contributed by atoms with Crippen LogP contribution in [0.25, 0.3) is 0 Å². The number of urea groups is 1. The van der Waals surface area contributed by atoms with Crippen LogP contribution in [0.4, 0.5) is 21.0 Å². The van der Waals surface area contributed by atoms with Crippen molar-refractivity contribution in [2.75, 3.05) is 23.8 Å². The number of ether oxygens (including phenoxy) is 1. The average molecular weight is 322 g/mol. The van der Waals surface area contributed by atoms with E-state index in [9.17, 15) is 14.4 Å². The summed E-state index contributed by atoms with van der Waals surface area (Å²) in [6, 6.07) is 5.64. The number of hydrogen-bond donors (Lipinski definition) is 4. The van der Waals surface area contributed by atoms with Crippen molar-refractivity contribution in [2.24, 2.45) is 0 Å². The Morgan fingerprint density at radius 2 is 1.70 bits per heavy atom. The zero-order valence-corrected chi connectivity index (χ0v) is 13.4. The zero-order valence-electron chi connectivity index (χ0n) is 13.4. The second-order valence-corrected chi connectivity index (χ2v) is 4.64. The number of benzene rings is 1. The first-order chi connectivity index (χ1) is 11.0. The van der Waals surface area contributed by atoms with E-state index in [0.29, 0.717) is 24.5 Å². The predicted molar refractivity (Wildman–Crippen MR) is 87.4 cm³/mol. The molecule has 4 N–H and O–H groups in total. The molecule has 0 heterocycles. The van der Waals surface area contributed by atoms with Gasteiger partial charge in [0.1, 0.15) is 6.04 Å². The van der Waals surface area contributed by atoms with Crippen molar-refractivity contribution in [3.63, 3.8) is 0 Å². The van der Waals surface area contributed by atoms with Crippen molar-refractivity contribution in [2.45, 2.75) is 26.8 Å². The number of nitrogens with one attached hydrogen (secondary N) is 4. The minimum atomic E-state index is -0.596. The lowest BCUT2D eigenvalue weighted by molar-refractivity contribution is -0.120. The fourth-order valence-electron chi connectivity index (χ4n) is 1.68. The van der Waals surface area contributed by atoms with E-state index < -0.39 is 24.1 Å². The summed E-state index contributed by atoms with van der Waals surface area (Å²) in [5, 5.41) is 10.2. The molecular weight excluding hydrogens is 300 g/mol. The Morgan fingerprint density at radius 3 is 2.26 bits per heavy atom. The molecule has 0 bridgehead atoms. The van der Waals surface area contributed by atoms with Crippen molar-refractivity contribution in [1.29, 1.82) is 0 Å². The third-order valence-corrected chi connectivity index (χ3v) is 2.76. The lowest BCUT2D eigenvalue weighted by atomic mass is 10.2. The van der Waals surface area contributed by atoms with Gasteiger partial charge in [0.05, 0.1) is 6.61 Å². The Hall–Kier alpha value is -2.77. The summed E-state index contributed by atoms with van der Waals surface area (Å²) in [6.07, 6.45) is -0.525. The van der Waals surface area contributed by atoms with Crippen LogP contribution in [0.2, 0.25) is 0 Å². The second-order valence-electron chi connectivity index (χ2n) is 4.64. The Bertz CT molecular complexity index is 545. The van der Waals surface area contributed by atoms with Crippen molar-refractivity contribution in [3.8, 4) is 0 Å². The molecule has 0 saturated heterocycles. The number of amides is 4. The van der Waals surface area contributed by atoms with Crippen LogP contribution in [0.3, 0.4) is 0 Å². The van der Waals surface area contributed by atoms with E-state index in [2.05, 4.69) is 21.3 Å². The standard InChI is InChI=1S/C15H22N4O4/c1-4-16-14(21)19-13(20)10(3)17-11-6-8-12(9-7-11)18-15(22)23-5-2/h6-10,17H,4-5H2,1-3H3,(H,18,22)(H2,16,19,20,21)/t10-/m1/s1. The maximum atomic E-state index is 11.8. The predicted octanol–water partition coefficient (Wildman–Crippen LogP) is 1.90. The Labute approximate surface area is 135 Å². The van der Waals surface area contributed by atoms with Gasteiger partial charge < -0.3 is 15.4 Å². The van der Waals surface area contributed by atoms with Gasteiger partial charge in [-0.2, -0.15) is 0 Å². The summed E-state index contributed by atoms with van der Waals surface area (Å²) in [7, 11) is 0. The second kappa shape index (κ2) is 9.29. The van der Waals surface area contributed by atoms with Crippen molar-refractivity contribution < 1.29 is 19.1 Å². The molecule has 0 saturated carbocycles. The topological polar surface area (TPSA) is 109 Å². The van der Waals surface area contributed by atoms with Gasteiger partial charge in [-0.3, -0.25) is 15.4 Å². The van der Waals surface area contributed by atoms with E-state index in [1.165, 1.54) is 0 Å². The molecule has 0 spiro atoms. The largest absolute Gasteiger partial charge is 0.450 e. The SMILES string of the molecule is CCNC(=O)NC(=O)[C@@H](C)Nc1ccc(NC(=O)OCC)cc1. The van der Waals surface area contributed by atoms with E-state index in [-0.39, 0.29) is 0 Å². The minimum Gasteiger partial charge on any atom is -0.450 e. The first-order valence-corrected chi connectivity index (χ1v) is 7.35. The number of carbonyl (C=O) groups excluding carboxylic acids is 3. The lowest BCUT2D eigenvalue weighted by Crippen LogP contribution is -2.45. The minimum absolute atomic E-state index is 0.295. The molecule has 126 valence electrons. The molecule has 1 aromatic rings. The summed E-state index contributed by atoms with van der Waals surface area (Å²) in [4.78, 5) is 34.4. The molecule has 0 aromatic heterocycles. The molecule has 8 heteroatoms. The number of imide groups is 1. The lowest BCUT2D eigenvalue weighted by Gasteiger charge is -2.15. The molecule has 0 unspecified atom stereocenters. The van der Waals surface area contributed by atoms with Gasteiger partial charge in [-0.1, -0.05) is 0 Å². The van der Waals surface area contributed by atoms with E-state index in [1.54, 1.807) is 45.0 Å². The smallest absolute Gasteiger partial charge is 0.411 e. The molecule has 0 aliphatic heterocycles. The van der Waals surface area contributed by atoms with E-state index in [0.717, 1.165) is 0 Å². The van der Waals surface area contributed by atoms with Gasteiger partial charge >= 0.3 is 12.1 Å². The van der Waals surface area contributed by atoms with Gasteiger partial charge in [-0.15, -0.1) is 0 Å². The summed E-state index contributed by atoms with van der Waals surface area (Å²) in [5.74, 6) is -0.440. The van der Waals surface area contributed by atoms with E-state index in [1.807, 2.05) is 0 Å². The molecule has 0 radical (unpaired) electrons. The Morgan fingerprint density at radius 1 is 1.09 bits per heavy atom. The van der Waals surface area contributed by atoms with Crippen molar-refractivity contribution in [3.05, 3.63) is 24.3 Å². The summed E-state index contributed by atoms with van der Waals surface area (Å²) >= 11 is 0. The highest BCUT2D eigenvalue weighted by atomic mass is 16.5. The first kappa shape index (κ1) is 18.3. The van der Waals surface area contributed by atoms with Gasteiger partial charge in [0, 0.05) is 17.9 Å². The third-order valence-electron chi connectivity index (χ3n) is 2.76. The molecule has 0 aliphatic rings. The van der Waals surface area contributed by atoms with Crippen LogP contribution in [0.1, 0.15) is 20.8 Å². The monoisotopic (exact) mass is 322 g/mol. The highest BCUT2D eigenvalue weighted by molar-refractivity contribution is 5.98. The van der Waals surface area contributed by atoms with Crippen LogP contribution in [0.5, 0.6) is 0 Å². The first-order valence-electron chi connectivity index (χ1n) is 7.35. The third kappa shape index (κ3) is 6.68. The number of carbonyl (C=O) groups is 3. The fourth-order valence-corrected chi connectivity index (χ4v) is 1.68. The molecule has 1 rings (SSSR count). The molecule has 1 aromatic carbocycles. The van der Waals surface area contributed by atoms with Gasteiger partial charge in [0.25, 0.3) is 0 Å².